The number of nitriles is 1. The van der Waals surface area contributed by atoms with Gasteiger partial charge in [0, 0.05) is 22.6 Å². The smallest absolute Gasteiger partial charge is 0.333 e. The Morgan fingerprint density at radius 1 is 1.16 bits per heavy atom. The number of benzene rings is 1. The van der Waals surface area contributed by atoms with E-state index in [1.807, 2.05) is 13.8 Å². The van der Waals surface area contributed by atoms with Crippen molar-refractivity contribution in [2.45, 2.75) is 73.1 Å². The fourth-order valence-corrected chi connectivity index (χ4v) is 6.35. The minimum Gasteiger partial charge on any atom is -0.496 e. The van der Waals surface area contributed by atoms with Gasteiger partial charge in [-0.2, -0.15) is 15.5 Å². The Kier molecular flexibility index (Phi) is 9.54. The molecule has 0 unspecified atom stereocenters. The SMILES string of the molecule is COc1ccc(Cl)cc1[C@H](Cn1c(=O)n(C(C)(C)C(=O)CC(C)C)c(=O)c2c(C)c(-n3nccn3)sc21)OCC(C)(C)C#N. The molecule has 0 aliphatic carbocycles. The van der Waals surface area contributed by atoms with Crippen molar-refractivity contribution in [2.24, 2.45) is 11.3 Å². The van der Waals surface area contributed by atoms with Crippen molar-refractivity contribution in [1.82, 2.24) is 24.1 Å². The van der Waals surface area contributed by atoms with Crippen LogP contribution in [0.25, 0.3) is 15.2 Å². The number of carbonyl (C=O) groups is 1. The molecule has 13 heteroatoms. The van der Waals surface area contributed by atoms with E-state index in [9.17, 15) is 19.6 Å². The van der Waals surface area contributed by atoms with Crippen LogP contribution in [0.2, 0.25) is 5.02 Å². The summed E-state index contributed by atoms with van der Waals surface area (Å²) in [5.41, 5.74) is -2.39. The monoisotopic (exact) mass is 640 g/mol. The number of ether oxygens (including phenoxy) is 2. The van der Waals surface area contributed by atoms with Crippen LogP contribution in [0.3, 0.4) is 0 Å². The average molecular weight is 641 g/mol. The number of carbonyl (C=O) groups excluding carboxylic acids is 1. The van der Waals surface area contributed by atoms with E-state index >= 15 is 0 Å². The number of aromatic nitrogens is 5. The Bertz CT molecular complexity index is 1850. The van der Waals surface area contributed by atoms with E-state index in [1.165, 1.54) is 40.2 Å². The number of ketones is 1. The fourth-order valence-electron chi connectivity index (χ4n) is 4.95. The zero-order valence-electron chi connectivity index (χ0n) is 26.2. The highest BCUT2D eigenvalue weighted by atomic mass is 35.5. The molecule has 0 aliphatic rings. The van der Waals surface area contributed by atoms with Crippen LogP contribution in [0.1, 0.15) is 65.2 Å². The number of halogens is 1. The molecule has 0 amide bonds. The van der Waals surface area contributed by atoms with Gasteiger partial charge in [-0.15, -0.1) is 4.80 Å². The van der Waals surface area contributed by atoms with Gasteiger partial charge >= 0.3 is 5.69 Å². The highest BCUT2D eigenvalue weighted by molar-refractivity contribution is 7.21. The van der Waals surface area contributed by atoms with Gasteiger partial charge in [0.05, 0.1) is 49.5 Å². The number of methoxy groups -OCH3 is 1. The van der Waals surface area contributed by atoms with Gasteiger partial charge in [0.2, 0.25) is 0 Å². The van der Waals surface area contributed by atoms with Crippen LogP contribution in [0.15, 0.2) is 40.2 Å². The first-order valence-electron chi connectivity index (χ1n) is 14.2. The number of Topliss-reactive ketones (excluding diaryl/α,β-unsaturated/α-hetero) is 1. The highest BCUT2D eigenvalue weighted by Gasteiger charge is 2.36. The average Bonchev–Trinajstić information content (AvgIpc) is 3.60. The first-order chi connectivity index (χ1) is 20.6. The summed E-state index contributed by atoms with van der Waals surface area (Å²) in [6.07, 6.45) is 2.41. The molecule has 44 heavy (non-hydrogen) atoms. The molecule has 0 saturated heterocycles. The normalized spacial score (nSPS) is 12.9. The quantitative estimate of drug-likeness (QED) is 0.200. The summed E-state index contributed by atoms with van der Waals surface area (Å²) >= 11 is 7.59. The molecule has 3 aromatic heterocycles. The zero-order valence-corrected chi connectivity index (χ0v) is 27.7. The van der Waals surface area contributed by atoms with Gasteiger partial charge < -0.3 is 9.47 Å². The standard InChI is InChI=1S/C31H37ClN6O5S/c1-18(2)13-24(39)31(6,7)37-26(40)25-19(3)27(38-34-11-12-35-38)44-28(25)36(29(37)41)15-23(43-17-30(4,5)16-33)21-14-20(32)9-10-22(21)42-8/h9-12,14,18,23H,13,15,17H2,1-8H3/t23-/m0/s1. The summed E-state index contributed by atoms with van der Waals surface area (Å²) < 4.78 is 14.5. The fraction of sp³-hybridized carbons (Fsp3) is 0.484. The van der Waals surface area contributed by atoms with Gasteiger partial charge in [-0.3, -0.25) is 14.2 Å². The van der Waals surface area contributed by atoms with Crippen LogP contribution < -0.4 is 16.0 Å². The van der Waals surface area contributed by atoms with Crippen molar-refractivity contribution in [1.29, 1.82) is 5.26 Å². The van der Waals surface area contributed by atoms with Crippen LogP contribution >= 0.6 is 22.9 Å². The van der Waals surface area contributed by atoms with Gasteiger partial charge in [-0.05, 0) is 58.7 Å². The largest absolute Gasteiger partial charge is 0.496 e. The third-order valence-electron chi connectivity index (χ3n) is 7.46. The second-order valence-corrected chi connectivity index (χ2v) is 13.7. The number of fused-ring (bicyclic) bond motifs is 1. The minimum absolute atomic E-state index is 0.0281. The van der Waals surface area contributed by atoms with Crippen LogP contribution in [0.5, 0.6) is 5.75 Å². The lowest BCUT2D eigenvalue weighted by molar-refractivity contribution is -0.127. The summed E-state index contributed by atoms with van der Waals surface area (Å²) in [4.78, 5) is 43.9. The second-order valence-electron chi connectivity index (χ2n) is 12.3. The Morgan fingerprint density at radius 2 is 1.82 bits per heavy atom. The molecule has 0 N–H and O–H groups in total. The van der Waals surface area contributed by atoms with Crippen molar-refractivity contribution in [3.05, 3.63) is 67.6 Å². The first kappa shape index (κ1) is 33.1. The molecule has 1 aromatic carbocycles. The van der Waals surface area contributed by atoms with Crippen LogP contribution in [-0.4, -0.2) is 43.6 Å². The van der Waals surface area contributed by atoms with Crippen molar-refractivity contribution in [2.75, 3.05) is 13.7 Å². The number of hydrogen-bond acceptors (Lipinski definition) is 9. The van der Waals surface area contributed by atoms with Crippen molar-refractivity contribution in [3.63, 3.8) is 0 Å². The Morgan fingerprint density at radius 3 is 2.41 bits per heavy atom. The van der Waals surface area contributed by atoms with Crippen molar-refractivity contribution in [3.8, 4) is 16.8 Å². The number of aryl methyl sites for hydroxylation is 1. The topological polar surface area (TPSA) is 134 Å². The Balaban J connectivity index is 2.04. The first-order valence-corrected chi connectivity index (χ1v) is 15.4. The Labute approximate surface area is 264 Å². The lowest BCUT2D eigenvalue weighted by Gasteiger charge is -2.29. The molecule has 0 aliphatic heterocycles. The summed E-state index contributed by atoms with van der Waals surface area (Å²) in [5.74, 6) is 0.267. The van der Waals surface area contributed by atoms with Gasteiger partial charge in [-0.25, -0.2) is 9.36 Å². The van der Waals surface area contributed by atoms with E-state index in [0.717, 1.165) is 4.57 Å². The molecule has 4 aromatic rings. The number of hydrogen-bond donors (Lipinski definition) is 0. The van der Waals surface area contributed by atoms with E-state index < -0.39 is 28.3 Å². The van der Waals surface area contributed by atoms with E-state index in [2.05, 4.69) is 16.3 Å². The maximum Gasteiger partial charge on any atom is 0.333 e. The zero-order chi connectivity index (χ0) is 32.6. The van der Waals surface area contributed by atoms with Crippen LogP contribution in [-0.2, 0) is 21.6 Å². The predicted molar refractivity (Wildman–Crippen MR) is 170 cm³/mol. The molecule has 0 spiro atoms. The van der Waals surface area contributed by atoms with E-state index in [0.29, 0.717) is 31.7 Å². The summed E-state index contributed by atoms with van der Waals surface area (Å²) in [6.45, 7) is 12.2. The van der Waals surface area contributed by atoms with E-state index in [1.54, 1.807) is 52.8 Å². The highest BCUT2D eigenvalue weighted by Crippen LogP contribution is 2.36. The van der Waals surface area contributed by atoms with Crippen LogP contribution in [0.4, 0.5) is 0 Å². The molecule has 11 nitrogen and oxygen atoms in total. The van der Waals surface area contributed by atoms with Crippen molar-refractivity contribution >= 4 is 38.9 Å². The molecule has 0 radical (unpaired) electrons. The Hall–Kier alpha value is -3.79. The lowest BCUT2D eigenvalue weighted by Crippen LogP contribution is -2.53. The third-order valence-corrected chi connectivity index (χ3v) is 8.97. The molecule has 0 bridgehead atoms. The van der Waals surface area contributed by atoms with Gasteiger partial charge in [-0.1, -0.05) is 36.8 Å². The lowest BCUT2D eigenvalue weighted by atomic mass is 9.91. The molecule has 0 saturated carbocycles. The molecular formula is C31H37ClN6O5S. The molecule has 1 atom stereocenters. The van der Waals surface area contributed by atoms with Crippen LogP contribution in [0, 0.1) is 29.6 Å². The summed E-state index contributed by atoms with van der Waals surface area (Å²) in [6, 6.07) is 7.31. The molecule has 0 fully saturated rings. The molecule has 3 heterocycles. The van der Waals surface area contributed by atoms with Gasteiger partial charge in [0.25, 0.3) is 5.56 Å². The number of nitrogens with zero attached hydrogens (tertiary/aromatic N) is 6. The second kappa shape index (κ2) is 12.7. The maximum atomic E-state index is 14.5. The minimum atomic E-state index is -1.44. The molecule has 4 rings (SSSR count). The number of thiophene rings is 1. The molecular weight excluding hydrogens is 604 g/mol. The third kappa shape index (κ3) is 6.36. The van der Waals surface area contributed by atoms with Gasteiger partial charge in [0.15, 0.2) is 5.78 Å². The summed E-state index contributed by atoms with van der Waals surface area (Å²) in [7, 11) is 1.52. The van der Waals surface area contributed by atoms with Crippen molar-refractivity contribution < 1.29 is 14.3 Å². The molecule has 234 valence electrons. The maximum absolute atomic E-state index is 14.5. The number of rotatable bonds is 12. The van der Waals surface area contributed by atoms with E-state index in [4.69, 9.17) is 21.1 Å². The van der Waals surface area contributed by atoms with E-state index in [-0.39, 0.29) is 36.7 Å². The van der Waals surface area contributed by atoms with Gasteiger partial charge in [0.1, 0.15) is 27.2 Å². The summed E-state index contributed by atoms with van der Waals surface area (Å²) in [5, 5.41) is 19.4. The predicted octanol–water partition coefficient (Wildman–Crippen LogP) is 5.43.